The fourth-order valence-electron chi connectivity index (χ4n) is 2.98. The van der Waals surface area contributed by atoms with Crippen LogP contribution in [0.15, 0.2) is 18.2 Å². The van der Waals surface area contributed by atoms with E-state index in [1.807, 2.05) is 6.92 Å². The highest BCUT2D eigenvalue weighted by Gasteiger charge is 2.27. The Morgan fingerprint density at radius 1 is 1.38 bits per heavy atom. The van der Waals surface area contributed by atoms with Crippen LogP contribution in [0, 0.1) is 16.0 Å². The summed E-state index contributed by atoms with van der Waals surface area (Å²) >= 11 is 0. The van der Waals surface area contributed by atoms with Crippen LogP contribution < -0.4 is 10.6 Å². The van der Waals surface area contributed by atoms with Gasteiger partial charge >= 0.3 is 5.69 Å². The van der Waals surface area contributed by atoms with Gasteiger partial charge in [0.05, 0.1) is 4.92 Å². The van der Waals surface area contributed by atoms with Crippen LogP contribution in [0.3, 0.4) is 0 Å². The Balaban J connectivity index is 2.20. The lowest BCUT2D eigenvalue weighted by atomic mass is 9.99. The molecule has 1 aliphatic rings. The van der Waals surface area contributed by atoms with Crippen molar-refractivity contribution in [3.63, 3.8) is 0 Å². The van der Waals surface area contributed by atoms with Crippen molar-refractivity contribution in [2.24, 2.45) is 5.92 Å². The summed E-state index contributed by atoms with van der Waals surface area (Å²) in [5.74, 6) is 0.0960. The number of benzene rings is 1. The summed E-state index contributed by atoms with van der Waals surface area (Å²) in [6, 6.07) is 4.77. The zero-order valence-corrected chi connectivity index (χ0v) is 12.4. The number of hydrogen-bond acceptors (Lipinski definition) is 4. The molecular formula is C15H21N3O3. The predicted molar refractivity (Wildman–Crippen MR) is 81.5 cm³/mol. The van der Waals surface area contributed by atoms with E-state index in [1.165, 1.54) is 18.9 Å². The average molecular weight is 291 g/mol. The lowest BCUT2D eigenvalue weighted by molar-refractivity contribution is -0.384. The van der Waals surface area contributed by atoms with E-state index in [4.69, 9.17) is 0 Å². The van der Waals surface area contributed by atoms with Gasteiger partial charge in [-0.2, -0.15) is 0 Å². The monoisotopic (exact) mass is 291 g/mol. The van der Waals surface area contributed by atoms with Gasteiger partial charge in [0.1, 0.15) is 11.3 Å². The van der Waals surface area contributed by atoms with Crippen molar-refractivity contribution in [3.05, 3.63) is 33.9 Å². The number of para-hydroxylation sites is 1. The predicted octanol–water partition coefficient (Wildman–Crippen LogP) is 2.95. The quantitative estimate of drug-likeness (QED) is 0.645. The van der Waals surface area contributed by atoms with Gasteiger partial charge in [0.25, 0.3) is 5.91 Å². The first-order chi connectivity index (χ1) is 10.0. The van der Waals surface area contributed by atoms with Crippen LogP contribution in [0.2, 0.25) is 0 Å². The van der Waals surface area contributed by atoms with Crippen molar-refractivity contribution in [2.75, 3.05) is 12.4 Å². The van der Waals surface area contributed by atoms with Gasteiger partial charge in [0, 0.05) is 13.1 Å². The zero-order valence-electron chi connectivity index (χ0n) is 12.4. The largest absolute Gasteiger partial charge is 0.383 e. The Morgan fingerprint density at radius 3 is 2.62 bits per heavy atom. The zero-order chi connectivity index (χ0) is 15.4. The van der Waals surface area contributed by atoms with E-state index in [0.29, 0.717) is 11.6 Å². The molecule has 1 atom stereocenters. The van der Waals surface area contributed by atoms with Crippen LogP contribution in [-0.4, -0.2) is 23.9 Å². The molecule has 0 spiro atoms. The lowest BCUT2D eigenvalue weighted by Gasteiger charge is -2.20. The molecule has 1 aliphatic carbocycles. The first kappa shape index (κ1) is 15.3. The number of nitrogens with zero attached hydrogens (tertiary/aromatic N) is 1. The Morgan fingerprint density at radius 2 is 2.05 bits per heavy atom. The van der Waals surface area contributed by atoms with Gasteiger partial charge in [0.15, 0.2) is 0 Å². The normalized spacial score (nSPS) is 16.5. The Kier molecular flexibility index (Phi) is 4.77. The topological polar surface area (TPSA) is 84.3 Å². The van der Waals surface area contributed by atoms with Gasteiger partial charge in [-0.25, -0.2) is 0 Å². The Bertz CT molecular complexity index is 539. The van der Waals surface area contributed by atoms with Crippen LogP contribution in [0.4, 0.5) is 11.4 Å². The third-order valence-corrected chi connectivity index (χ3v) is 4.20. The molecule has 6 nitrogen and oxygen atoms in total. The van der Waals surface area contributed by atoms with Crippen molar-refractivity contribution in [1.29, 1.82) is 0 Å². The van der Waals surface area contributed by atoms with Gasteiger partial charge in [-0.15, -0.1) is 0 Å². The molecule has 6 heteroatoms. The smallest absolute Gasteiger partial charge is 0.305 e. The minimum atomic E-state index is -0.513. The number of nitrogens with one attached hydrogen (secondary N) is 2. The van der Waals surface area contributed by atoms with E-state index in [2.05, 4.69) is 10.6 Å². The molecule has 1 unspecified atom stereocenters. The van der Waals surface area contributed by atoms with E-state index < -0.39 is 4.92 Å². The molecule has 1 saturated carbocycles. The summed E-state index contributed by atoms with van der Waals surface area (Å²) < 4.78 is 0. The molecule has 2 rings (SSSR count). The number of amides is 1. The minimum Gasteiger partial charge on any atom is -0.383 e. The molecule has 0 saturated heterocycles. The standard InChI is InChI=1S/C15H21N3O3/c1-10(11-6-3-4-7-11)17-15(19)12-8-5-9-13(16-2)14(12)18(20)21/h5,8-11,16H,3-4,6-7H2,1-2H3,(H,17,19). The SMILES string of the molecule is CNc1cccc(C(=O)NC(C)C2CCCC2)c1[N+](=O)[O-]. The number of hydrogen-bond donors (Lipinski definition) is 2. The van der Waals surface area contributed by atoms with E-state index in [-0.39, 0.29) is 23.2 Å². The molecule has 1 fully saturated rings. The third kappa shape index (κ3) is 3.32. The highest BCUT2D eigenvalue weighted by Crippen LogP contribution is 2.30. The maximum atomic E-state index is 12.4. The molecule has 1 aromatic carbocycles. The summed E-state index contributed by atoms with van der Waals surface area (Å²) in [6.07, 6.45) is 4.61. The van der Waals surface area contributed by atoms with Gasteiger partial charge in [-0.3, -0.25) is 14.9 Å². The van der Waals surface area contributed by atoms with Crippen molar-refractivity contribution < 1.29 is 9.72 Å². The van der Waals surface area contributed by atoms with Crippen molar-refractivity contribution in [3.8, 4) is 0 Å². The molecule has 0 radical (unpaired) electrons. The summed E-state index contributed by atoms with van der Waals surface area (Å²) in [5, 5.41) is 16.9. The Hall–Kier alpha value is -2.11. The second kappa shape index (κ2) is 6.56. The summed E-state index contributed by atoms with van der Waals surface area (Å²) in [7, 11) is 1.60. The lowest BCUT2D eigenvalue weighted by Crippen LogP contribution is -2.37. The van der Waals surface area contributed by atoms with Crippen LogP contribution in [0.5, 0.6) is 0 Å². The third-order valence-electron chi connectivity index (χ3n) is 4.20. The molecule has 0 aliphatic heterocycles. The molecule has 114 valence electrons. The fourth-order valence-corrected chi connectivity index (χ4v) is 2.98. The van der Waals surface area contributed by atoms with Gasteiger partial charge in [0.2, 0.25) is 0 Å². The van der Waals surface area contributed by atoms with Crippen LogP contribution in [0.25, 0.3) is 0 Å². The van der Waals surface area contributed by atoms with Crippen molar-refractivity contribution in [1.82, 2.24) is 5.32 Å². The number of carbonyl (C=O) groups is 1. The summed E-state index contributed by atoms with van der Waals surface area (Å²) in [6.45, 7) is 1.97. The van der Waals surface area contributed by atoms with E-state index in [1.54, 1.807) is 19.2 Å². The first-order valence-corrected chi connectivity index (χ1v) is 7.30. The van der Waals surface area contributed by atoms with Crippen LogP contribution in [-0.2, 0) is 0 Å². The van der Waals surface area contributed by atoms with Gasteiger partial charge < -0.3 is 10.6 Å². The molecule has 0 bridgehead atoms. The number of nitro benzene ring substituents is 1. The highest BCUT2D eigenvalue weighted by molar-refractivity contribution is 6.00. The van der Waals surface area contributed by atoms with Crippen molar-refractivity contribution >= 4 is 17.3 Å². The maximum absolute atomic E-state index is 12.4. The molecule has 21 heavy (non-hydrogen) atoms. The summed E-state index contributed by atoms with van der Waals surface area (Å²) in [4.78, 5) is 23.1. The second-order valence-electron chi connectivity index (χ2n) is 5.52. The summed E-state index contributed by atoms with van der Waals surface area (Å²) in [5.41, 5.74) is 0.286. The highest BCUT2D eigenvalue weighted by atomic mass is 16.6. The Labute approximate surface area is 124 Å². The van der Waals surface area contributed by atoms with Crippen LogP contribution >= 0.6 is 0 Å². The molecule has 2 N–H and O–H groups in total. The van der Waals surface area contributed by atoms with Crippen LogP contribution in [0.1, 0.15) is 43.0 Å². The molecule has 1 amide bonds. The van der Waals surface area contributed by atoms with Crippen molar-refractivity contribution in [2.45, 2.75) is 38.6 Å². The van der Waals surface area contributed by atoms with Gasteiger partial charge in [-0.05, 0) is 37.8 Å². The minimum absolute atomic E-state index is 0.0397. The molecule has 0 aromatic heterocycles. The number of rotatable bonds is 5. The number of carbonyl (C=O) groups excluding carboxylic acids is 1. The number of anilines is 1. The maximum Gasteiger partial charge on any atom is 0.305 e. The first-order valence-electron chi connectivity index (χ1n) is 7.30. The van der Waals surface area contributed by atoms with E-state index >= 15 is 0 Å². The van der Waals surface area contributed by atoms with Gasteiger partial charge in [-0.1, -0.05) is 18.9 Å². The molecular weight excluding hydrogens is 270 g/mol. The molecule has 0 heterocycles. The molecule has 1 aromatic rings. The van der Waals surface area contributed by atoms with E-state index in [9.17, 15) is 14.9 Å². The van der Waals surface area contributed by atoms with E-state index in [0.717, 1.165) is 12.8 Å². The number of nitro groups is 1. The second-order valence-corrected chi connectivity index (χ2v) is 5.52. The fraction of sp³-hybridized carbons (Fsp3) is 0.533. The average Bonchev–Trinajstić information content (AvgIpc) is 3.00.